The Kier molecular flexibility index (Phi) is 9.02. The van der Waals surface area contributed by atoms with E-state index in [-0.39, 0.29) is 41.1 Å². The number of amides is 1. The number of carbonyl (C=O) groups is 2. The van der Waals surface area contributed by atoms with Gasteiger partial charge in [-0.25, -0.2) is 8.78 Å². The van der Waals surface area contributed by atoms with E-state index in [4.69, 9.17) is 9.47 Å². The molecule has 0 aliphatic rings. The van der Waals surface area contributed by atoms with Gasteiger partial charge in [0, 0.05) is 44.1 Å². The summed E-state index contributed by atoms with van der Waals surface area (Å²) in [5.41, 5.74) is -0.736. The molecule has 10 heteroatoms. The Morgan fingerprint density at radius 2 is 1.92 bits per heavy atom. The highest BCUT2D eigenvalue weighted by atomic mass is 19.1. The van der Waals surface area contributed by atoms with E-state index in [1.807, 2.05) is 0 Å². The van der Waals surface area contributed by atoms with Gasteiger partial charge in [-0.2, -0.15) is 5.26 Å². The average molecular weight is 495 g/mol. The van der Waals surface area contributed by atoms with Crippen LogP contribution in [0.2, 0.25) is 0 Å². The number of carbonyl (C=O) groups excluding carboxylic acids is 2. The number of rotatable bonds is 11. The first-order chi connectivity index (χ1) is 17.3. The van der Waals surface area contributed by atoms with Gasteiger partial charge in [0.05, 0.1) is 5.56 Å². The van der Waals surface area contributed by atoms with Crippen LogP contribution in [0.5, 0.6) is 5.75 Å². The third kappa shape index (κ3) is 6.61. The number of aromatic nitrogens is 1. The van der Waals surface area contributed by atoms with Crippen LogP contribution in [-0.2, 0) is 22.6 Å². The van der Waals surface area contributed by atoms with Gasteiger partial charge in [-0.15, -0.1) is 0 Å². The summed E-state index contributed by atoms with van der Waals surface area (Å²) in [6.07, 6.45) is 1.76. The summed E-state index contributed by atoms with van der Waals surface area (Å²) < 4.78 is 39.4. The van der Waals surface area contributed by atoms with Crippen LogP contribution in [0.15, 0.2) is 59.5 Å². The monoisotopic (exact) mass is 495 g/mol. The van der Waals surface area contributed by atoms with E-state index in [0.29, 0.717) is 13.0 Å². The summed E-state index contributed by atoms with van der Waals surface area (Å²) in [6.45, 7) is -0.00350. The number of halogens is 2. The van der Waals surface area contributed by atoms with Crippen molar-refractivity contribution in [2.24, 2.45) is 0 Å². The van der Waals surface area contributed by atoms with E-state index in [1.54, 1.807) is 12.1 Å². The van der Waals surface area contributed by atoms with Gasteiger partial charge < -0.3 is 19.4 Å². The van der Waals surface area contributed by atoms with Gasteiger partial charge in [0.2, 0.25) is 0 Å². The van der Waals surface area contributed by atoms with Crippen LogP contribution in [0.1, 0.15) is 33.5 Å². The second kappa shape index (κ2) is 12.4. The van der Waals surface area contributed by atoms with Crippen LogP contribution in [0.25, 0.3) is 0 Å². The second-order valence-electron chi connectivity index (χ2n) is 7.73. The molecule has 1 heterocycles. The molecule has 0 bridgehead atoms. The maximum Gasteiger partial charge on any atom is 0.268 e. The van der Waals surface area contributed by atoms with E-state index in [0.717, 1.165) is 18.2 Å². The van der Waals surface area contributed by atoms with Crippen LogP contribution in [0.3, 0.4) is 0 Å². The zero-order valence-corrected chi connectivity index (χ0v) is 19.4. The van der Waals surface area contributed by atoms with Crippen molar-refractivity contribution in [3.05, 3.63) is 99.0 Å². The lowest BCUT2D eigenvalue weighted by molar-refractivity contribution is -0.123. The van der Waals surface area contributed by atoms with Crippen LogP contribution >= 0.6 is 0 Å². The quantitative estimate of drug-likeness (QED) is 0.324. The topological polar surface area (TPSA) is 110 Å². The largest absolute Gasteiger partial charge is 0.483 e. The molecule has 8 nitrogen and oxygen atoms in total. The summed E-state index contributed by atoms with van der Waals surface area (Å²) in [5, 5.41) is 11.8. The number of ketones is 1. The van der Waals surface area contributed by atoms with Crippen molar-refractivity contribution in [1.29, 1.82) is 5.26 Å². The number of pyridine rings is 1. The number of hydrogen-bond donors (Lipinski definition) is 1. The van der Waals surface area contributed by atoms with E-state index in [1.165, 1.54) is 42.1 Å². The van der Waals surface area contributed by atoms with E-state index < -0.39 is 35.5 Å². The maximum absolute atomic E-state index is 14.0. The third-order valence-electron chi connectivity index (χ3n) is 5.19. The molecular weight excluding hydrogens is 472 g/mol. The summed E-state index contributed by atoms with van der Waals surface area (Å²) in [6, 6.07) is 12.1. The lowest BCUT2D eigenvalue weighted by atomic mass is 10.0. The molecule has 0 radical (unpaired) electrons. The first-order valence-corrected chi connectivity index (χ1v) is 10.9. The Labute approximate surface area is 205 Å². The molecule has 2 aromatic carbocycles. The Morgan fingerprint density at radius 1 is 1.14 bits per heavy atom. The van der Waals surface area contributed by atoms with Gasteiger partial charge in [-0.3, -0.25) is 14.4 Å². The zero-order chi connectivity index (χ0) is 26.1. The van der Waals surface area contributed by atoms with Crippen molar-refractivity contribution in [2.45, 2.75) is 19.5 Å². The van der Waals surface area contributed by atoms with Crippen LogP contribution < -0.4 is 15.6 Å². The maximum atomic E-state index is 14.0. The molecule has 3 rings (SSSR count). The fourth-order valence-electron chi connectivity index (χ4n) is 3.38. The van der Waals surface area contributed by atoms with Gasteiger partial charge in [-0.1, -0.05) is 18.2 Å². The van der Waals surface area contributed by atoms with Gasteiger partial charge in [0.25, 0.3) is 11.5 Å². The molecule has 3 aromatic rings. The summed E-state index contributed by atoms with van der Waals surface area (Å²) in [7, 11) is 1.51. The minimum Gasteiger partial charge on any atom is -0.483 e. The number of nitriles is 1. The number of benzene rings is 2. The third-order valence-corrected chi connectivity index (χ3v) is 5.19. The summed E-state index contributed by atoms with van der Waals surface area (Å²) in [5.74, 6) is -2.54. The van der Waals surface area contributed by atoms with E-state index in [2.05, 4.69) is 5.32 Å². The molecule has 1 amide bonds. The normalized spacial score (nSPS) is 10.5. The number of aryl methyl sites for hydroxylation is 1. The highest BCUT2D eigenvalue weighted by Gasteiger charge is 2.20. The minimum atomic E-state index is -0.719. The van der Waals surface area contributed by atoms with Gasteiger partial charge in [0.15, 0.2) is 12.4 Å². The SMILES string of the molecule is COCCCn1cc(C(=O)c2cc(F)ccc2OCC(=O)NCc2ccccc2F)cc(C#N)c1=O. The Morgan fingerprint density at radius 3 is 2.64 bits per heavy atom. The van der Waals surface area contributed by atoms with Crippen molar-refractivity contribution in [3.63, 3.8) is 0 Å². The molecular formula is C26H23F2N3O5. The Balaban J connectivity index is 1.79. The number of hydrogen-bond acceptors (Lipinski definition) is 6. The number of nitrogens with zero attached hydrogens (tertiary/aromatic N) is 2. The van der Waals surface area contributed by atoms with Gasteiger partial charge in [-0.05, 0) is 36.8 Å². The fraction of sp³-hybridized carbons (Fsp3) is 0.231. The van der Waals surface area contributed by atoms with Gasteiger partial charge >= 0.3 is 0 Å². The summed E-state index contributed by atoms with van der Waals surface area (Å²) >= 11 is 0. The van der Waals surface area contributed by atoms with Crippen LogP contribution in [-0.4, -0.2) is 36.6 Å². The van der Waals surface area contributed by atoms with Gasteiger partial charge in [0.1, 0.15) is 29.0 Å². The molecule has 0 fully saturated rings. The minimum absolute atomic E-state index is 0.0250. The Hall–Kier alpha value is -4.36. The van der Waals surface area contributed by atoms with Crippen molar-refractivity contribution >= 4 is 11.7 Å². The molecule has 36 heavy (non-hydrogen) atoms. The number of nitrogens with one attached hydrogen (secondary N) is 1. The standard InChI is InChI=1S/C26H23F2N3O5/c1-35-10-4-9-31-15-19(11-18(13-29)26(31)34)25(33)21-12-20(27)7-8-23(21)36-16-24(32)30-14-17-5-2-3-6-22(17)28/h2-3,5-8,11-12,15H,4,9-10,14,16H2,1H3,(H,30,32). The molecule has 0 saturated heterocycles. The lowest BCUT2D eigenvalue weighted by Crippen LogP contribution is -2.29. The molecule has 0 aliphatic carbocycles. The molecule has 0 atom stereocenters. The van der Waals surface area contributed by atoms with Crippen molar-refractivity contribution in [3.8, 4) is 11.8 Å². The lowest BCUT2D eigenvalue weighted by Gasteiger charge is -2.13. The molecule has 186 valence electrons. The number of methoxy groups -OCH3 is 1. The Bertz CT molecular complexity index is 1360. The smallest absolute Gasteiger partial charge is 0.268 e. The molecule has 0 aliphatic heterocycles. The highest BCUT2D eigenvalue weighted by Crippen LogP contribution is 2.23. The average Bonchev–Trinajstić information content (AvgIpc) is 2.88. The summed E-state index contributed by atoms with van der Waals surface area (Å²) in [4.78, 5) is 37.9. The molecule has 1 N–H and O–H groups in total. The zero-order valence-electron chi connectivity index (χ0n) is 19.4. The molecule has 0 spiro atoms. The predicted octanol–water partition coefficient (Wildman–Crippen LogP) is 2.96. The fourth-order valence-corrected chi connectivity index (χ4v) is 3.38. The number of ether oxygens (including phenoxy) is 2. The van der Waals surface area contributed by atoms with Crippen molar-refractivity contribution in [2.75, 3.05) is 20.3 Å². The van der Waals surface area contributed by atoms with Crippen molar-refractivity contribution < 1.29 is 27.8 Å². The molecule has 0 saturated carbocycles. The highest BCUT2D eigenvalue weighted by molar-refractivity contribution is 6.10. The molecule has 0 unspecified atom stereocenters. The van der Waals surface area contributed by atoms with Crippen LogP contribution in [0, 0.1) is 23.0 Å². The predicted molar refractivity (Wildman–Crippen MR) is 125 cm³/mol. The van der Waals surface area contributed by atoms with Crippen molar-refractivity contribution in [1.82, 2.24) is 9.88 Å². The van der Waals surface area contributed by atoms with Crippen LogP contribution in [0.4, 0.5) is 8.78 Å². The first-order valence-electron chi connectivity index (χ1n) is 10.9. The van der Waals surface area contributed by atoms with E-state index in [9.17, 15) is 28.4 Å². The second-order valence-corrected chi connectivity index (χ2v) is 7.73. The first kappa shape index (κ1) is 26.2. The van der Waals surface area contributed by atoms with E-state index >= 15 is 0 Å². The molecule has 1 aromatic heterocycles.